The number of amides is 3. The number of aryl methyl sites for hydroxylation is 1. The summed E-state index contributed by atoms with van der Waals surface area (Å²) in [6.07, 6.45) is -9.17. The van der Waals surface area contributed by atoms with Crippen molar-refractivity contribution in [1.82, 2.24) is 19.7 Å². The molecule has 256 valence electrons. The second-order valence-electron chi connectivity index (χ2n) is 10.1. The van der Waals surface area contributed by atoms with Crippen molar-refractivity contribution >= 4 is 46.2 Å². The summed E-state index contributed by atoms with van der Waals surface area (Å²) in [6, 6.07) is 8.41. The first-order chi connectivity index (χ1) is 23.1. The highest BCUT2D eigenvalue weighted by atomic mass is 19.4. The topological polar surface area (TPSA) is 135 Å². The number of rotatable bonds is 8. The van der Waals surface area contributed by atoms with Crippen molar-refractivity contribution < 1.29 is 49.4 Å². The fraction of sp³-hybridized carbons (Fsp3) is 0.167. The van der Waals surface area contributed by atoms with Gasteiger partial charge in [-0.05, 0) is 48.5 Å². The van der Waals surface area contributed by atoms with Crippen LogP contribution < -0.4 is 21.3 Å². The summed E-state index contributed by atoms with van der Waals surface area (Å²) in [5, 5.41) is 14.2. The molecule has 5 aromatic rings. The number of carbonyl (C=O) groups is 2. The summed E-state index contributed by atoms with van der Waals surface area (Å²) in [6.45, 7) is -0.297. The lowest BCUT2D eigenvalue weighted by molar-refractivity contribution is -0.138. The Labute approximate surface area is 270 Å². The number of alkyl halides is 6. The van der Waals surface area contributed by atoms with Crippen molar-refractivity contribution in [2.24, 2.45) is 7.05 Å². The molecular formula is C30H22F8N8O3. The third-order valence-corrected chi connectivity index (χ3v) is 6.69. The second-order valence-corrected chi connectivity index (χ2v) is 10.1. The molecule has 0 aliphatic carbocycles. The molecule has 0 bridgehead atoms. The number of carbonyl (C=O) groups excluding carboxylic acids is 2. The molecule has 49 heavy (non-hydrogen) atoms. The van der Waals surface area contributed by atoms with Crippen LogP contribution in [0.4, 0.5) is 67.7 Å². The van der Waals surface area contributed by atoms with Crippen molar-refractivity contribution in [3.63, 3.8) is 0 Å². The van der Waals surface area contributed by atoms with Gasteiger partial charge >= 0.3 is 24.5 Å². The molecule has 0 radical (unpaired) electrons. The smallest absolute Gasteiger partial charge is 0.416 e. The van der Waals surface area contributed by atoms with E-state index in [1.165, 1.54) is 23.0 Å². The maximum Gasteiger partial charge on any atom is 0.416 e. The number of hydrogen-bond acceptors (Lipinski definition) is 7. The van der Waals surface area contributed by atoms with E-state index in [2.05, 4.69) is 31.0 Å². The molecule has 19 heteroatoms. The molecule has 0 aliphatic rings. The zero-order chi connectivity index (χ0) is 35.5. The van der Waals surface area contributed by atoms with Gasteiger partial charge in [0.1, 0.15) is 23.9 Å². The van der Waals surface area contributed by atoms with Crippen LogP contribution in [0.5, 0.6) is 0 Å². The van der Waals surface area contributed by atoms with Gasteiger partial charge in [0.05, 0.1) is 34.4 Å². The lowest BCUT2D eigenvalue weighted by Crippen LogP contribution is -2.20. The van der Waals surface area contributed by atoms with E-state index in [0.29, 0.717) is 58.7 Å². The zero-order valence-electron chi connectivity index (χ0n) is 24.8. The molecule has 0 atom stereocenters. The number of hydrogen-bond donors (Lipinski definition) is 4. The van der Waals surface area contributed by atoms with Gasteiger partial charge in [-0.2, -0.15) is 36.4 Å². The molecule has 2 aromatic heterocycles. The van der Waals surface area contributed by atoms with Crippen LogP contribution in [0.1, 0.15) is 11.1 Å². The number of urea groups is 1. The van der Waals surface area contributed by atoms with Gasteiger partial charge in [-0.1, -0.05) is 12.1 Å². The Bertz CT molecular complexity index is 2010. The van der Waals surface area contributed by atoms with E-state index in [1.807, 2.05) is 5.32 Å². The SMILES string of the molecule is Cn1nc(-c2ccc(NC(=O)Nc3cc(C(F)(F)F)ccc3F)cc2)c2cnc(NCCOC(=O)Nc3cc(C(F)(F)F)ccc3F)nc21. The van der Waals surface area contributed by atoms with Crippen LogP contribution in [0.3, 0.4) is 0 Å². The number of anilines is 4. The van der Waals surface area contributed by atoms with E-state index in [9.17, 15) is 44.7 Å². The number of ether oxygens (including phenoxy) is 1. The van der Waals surface area contributed by atoms with Gasteiger partial charge in [-0.15, -0.1) is 0 Å². The van der Waals surface area contributed by atoms with Gasteiger partial charge < -0.3 is 20.7 Å². The first-order valence-corrected chi connectivity index (χ1v) is 13.9. The maximum atomic E-state index is 14.0. The normalized spacial score (nSPS) is 11.7. The fourth-order valence-corrected chi connectivity index (χ4v) is 4.38. The Morgan fingerprint density at radius 2 is 1.41 bits per heavy atom. The van der Waals surface area contributed by atoms with E-state index >= 15 is 0 Å². The molecule has 0 spiro atoms. The van der Waals surface area contributed by atoms with Gasteiger partial charge in [0, 0.05) is 24.5 Å². The van der Waals surface area contributed by atoms with Crippen LogP contribution >= 0.6 is 0 Å². The summed E-state index contributed by atoms with van der Waals surface area (Å²) in [5.41, 5.74) is -1.94. The zero-order valence-corrected chi connectivity index (χ0v) is 24.8. The minimum Gasteiger partial charge on any atom is -0.447 e. The van der Waals surface area contributed by atoms with Gasteiger partial charge in [0.25, 0.3) is 0 Å². The third kappa shape index (κ3) is 8.29. The first-order valence-electron chi connectivity index (χ1n) is 13.9. The number of fused-ring (bicyclic) bond motifs is 1. The van der Waals surface area contributed by atoms with Crippen LogP contribution in [0.2, 0.25) is 0 Å². The van der Waals surface area contributed by atoms with Crippen molar-refractivity contribution in [1.29, 1.82) is 0 Å². The van der Waals surface area contributed by atoms with Gasteiger partial charge in [-0.25, -0.2) is 28.0 Å². The highest BCUT2D eigenvalue weighted by Gasteiger charge is 2.32. The number of aromatic nitrogens is 4. The molecule has 3 amide bonds. The maximum absolute atomic E-state index is 14.0. The molecule has 5 rings (SSSR count). The number of halogens is 8. The predicted molar refractivity (Wildman–Crippen MR) is 161 cm³/mol. The number of nitrogens with one attached hydrogen (secondary N) is 4. The predicted octanol–water partition coefficient (Wildman–Crippen LogP) is 7.65. The molecular weight excluding hydrogens is 672 g/mol. The summed E-state index contributed by atoms with van der Waals surface area (Å²) < 4.78 is 112. The van der Waals surface area contributed by atoms with Crippen LogP contribution in [0, 0.1) is 11.6 Å². The van der Waals surface area contributed by atoms with Crippen molar-refractivity contribution in [2.75, 3.05) is 34.4 Å². The average molecular weight is 695 g/mol. The van der Waals surface area contributed by atoms with E-state index in [1.54, 1.807) is 19.2 Å². The number of benzene rings is 3. The van der Waals surface area contributed by atoms with Gasteiger partial charge in [0.2, 0.25) is 5.95 Å². The van der Waals surface area contributed by atoms with E-state index < -0.39 is 58.6 Å². The largest absolute Gasteiger partial charge is 0.447 e. The lowest BCUT2D eigenvalue weighted by Gasteiger charge is -2.12. The minimum absolute atomic E-state index is 0.0167. The molecule has 4 N–H and O–H groups in total. The van der Waals surface area contributed by atoms with E-state index in [4.69, 9.17) is 4.74 Å². The fourth-order valence-electron chi connectivity index (χ4n) is 4.38. The Kier molecular flexibility index (Phi) is 9.54. The summed E-state index contributed by atoms with van der Waals surface area (Å²) in [4.78, 5) is 32.9. The van der Waals surface area contributed by atoms with Crippen LogP contribution in [-0.4, -0.2) is 45.0 Å². The van der Waals surface area contributed by atoms with Crippen LogP contribution in [0.15, 0.2) is 66.9 Å². The standard InChI is InChI=1S/C30H22F8N8O3/c1-46-25-19(14-40-26(44-25)39-10-11-49-28(48)43-23-13-17(30(36,37)38)5-9-21(23)32)24(45-46)15-2-6-18(7-3-15)41-27(47)42-22-12-16(29(33,34)35)4-8-20(22)31/h2-9,12-14H,10-11H2,1H3,(H,43,48)(H,39,40,44)(H2,41,42,47). The molecule has 0 saturated heterocycles. The van der Waals surface area contributed by atoms with Crippen LogP contribution in [0.25, 0.3) is 22.3 Å². The molecule has 11 nitrogen and oxygen atoms in total. The summed E-state index contributed by atoms with van der Waals surface area (Å²) in [5.74, 6) is -2.00. The lowest BCUT2D eigenvalue weighted by atomic mass is 10.1. The van der Waals surface area contributed by atoms with Crippen molar-refractivity contribution in [3.05, 3.63) is 89.6 Å². The quantitative estimate of drug-likeness (QED) is 0.0968. The van der Waals surface area contributed by atoms with Crippen LogP contribution in [-0.2, 0) is 24.1 Å². The van der Waals surface area contributed by atoms with E-state index in [-0.39, 0.29) is 24.8 Å². The minimum atomic E-state index is -4.73. The highest BCUT2D eigenvalue weighted by Crippen LogP contribution is 2.33. The molecule has 3 aromatic carbocycles. The van der Waals surface area contributed by atoms with Gasteiger partial charge in [-0.3, -0.25) is 5.32 Å². The Balaban J connectivity index is 1.16. The number of nitrogens with zero attached hydrogens (tertiary/aromatic N) is 4. The van der Waals surface area contributed by atoms with Crippen molar-refractivity contribution in [2.45, 2.75) is 12.4 Å². The third-order valence-electron chi connectivity index (χ3n) is 6.69. The molecule has 0 fully saturated rings. The Hall–Kier alpha value is -6.01. The molecule has 0 saturated carbocycles. The van der Waals surface area contributed by atoms with Gasteiger partial charge in [0.15, 0.2) is 5.65 Å². The Morgan fingerprint density at radius 1 is 0.816 bits per heavy atom. The van der Waals surface area contributed by atoms with E-state index in [0.717, 1.165) is 0 Å². The monoisotopic (exact) mass is 694 g/mol. The van der Waals surface area contributed by atoms with Crippen molar-refractivity contribution in [3.8, 4) is 11.3 Å². The summed E-state index contributed by atoms with van der Waals surface area (Å²) in [7, 11) is 1.62. The first kappa shape index (κ1) is 34.3. The average Bonchev–Trinajstić information content (AvgIpc) is 3.36. The molecule has 2 heterocycles. The molecule has 0 aliphatic heterocycles. The molecule has 0 unspecified atom stereocenters. The Morgan fingerprint density at radius 3 is 2.00 bits per heavy atom. The summed E-state index contributed by atoms with van der Waals surface area (Å²) >= 11 is 0. The second kappa shape index (κ2) is 13.6. The highest BCUT2D eigenvalue weighted by molar-refractivity contribution is 6.00.